The number of nitrogens with zero attached hydrogens (tertiary/aromatic N) is 1. The van der Waals surface area contributed by atoms with Gasteiger partial charge in [0.2, 0.25) is 0 Å². The smallest absolute Gasteiger partial charge is 0.149 e. The third-order valence-electron chi connectivity index (χ3n) is 2.56. The highest BCUT2D eigenvalue weighted by atomic mass is 16.5. The quantitative estimate of drug-likeness (QED) is 0.768. The molecule has 17 heavy (non-hydrogen) atoms. The van der Waals surface area contributed by atoms with Gasteiger partial charge in [-0.2, -0.15) is 0 Å². The fourth-order valence-corrected chi connectivity index (χ4v) is 1.70. The van der Waals surface area contributed by atoms with E-state index in [0.29, 0.717) is 0 Å². The monoisotopic (exact) mass is 227 g/mol. The number of ether oxygens (including phenoxy) is 1. The summed E-state index contributed by atoms with van der Waals surface area (Å²) in [5, 5.41) is 0. The zero-order valence-corrected chi connectivity index (χ0v) is 10.5. The maximum Gasteiger partial charge on any atom is 0.149 e. The molecule has 0 N–H and O–H groups in total. The van der Waals surface area contributed by atoms with Gasteiger partial charge in [0.15, 0.2) is 0 Å². The Kier molecular flexibility index (Phi) is 3.14. The summed E-state index contributed by atoms with van der Waals surface area (Å²) >= 11 is 0. The lowest BCUT2D eigenvalue weighted by Gasteiger charge is -2.22. The van der Waals surface area contributed by atoms with Gasteiger partial charge in [-0.25, -0.2) is 0 Å². The van der Waals surface area contributed by atoms with Crippen LogP contribution in [0.25, 0.3) is 0 Å². The number of aromatic nitrogens is 1. The number of para-hydroxylation sites is 1. The van der Waals surface area contributed by atoms with Crippen molar-refractivity contribution >= 4 is 0 Å². The molecule has 0 amide bonds. The van der Waals surface area contributed by atoms with Crippen LogP contribution in [0.15, 0.2) is 48.8 Å². The van der Waals surface area contributed by atoms with Crippen molar-refractivity contribution in [3.05, 3.63) is 54.4 Å². The van der Waals surface area contributed by atoms with Crippen molar-refractivity contribution in [1.82, 2.24) is 4.98 Å². The zero-order valence-electron chi connectivity index (χ0n) is 10.5. The number of rotatable bonds is 2. The van der Waals surface area contributed by atoms with Crippen LogP contribution < -0.4 is 4.74 Å². The minimum atomic E-state index is 0.0487. The van der Waals surface area contributed by atoms with E-state index in [2.05, 4.69) is 25.8 Å². The first-order valence-corrected chi connectivity index (χ1v) is 5.75. The molecule has 2 aromatic rings. The summed E-state index contributed by atoms with van der Waals surface area (Å²) in [6.45, 7) is 6.50. The summed E-state index contributed by atoms with van der Waals surface area (Å²) in [7, 11) is 0. The molecule has 0 saturated carbocycles. The Bertz CT molecular complexity index is 486. The number of benzene rings is 1. The Morgan fingerprint density at radius 3 is 2.35 bits per heavy atom. The van der Waals surface area contributed by atoms with Crippen LogP contribution in [0.5, 0.6) is 11.5 Å². The Hall–Kier alpha value is -1.83. The molecule has 0 aliphatic carbocycles. The van der Waals surface area contributed by atoms with E-state index in [4.69, 9.17) is 4.74 Å². The Labute approximate surface area is 102 Å². The van der Waals surface area contributed by atoms with Gasteiger partial charge in [-0.3, -0.25) is 4.98 Å². The van der Waals surface area contributed by atoms with E-state index in [0.717, 1.165) is 17.1 Å². The van der Waals surface area contributed by atoms with Crippen molar-refractivity contribution < 1.29 is 4.74 Å². The highest BCUT2D eigenvalue weighted by Crippen LogP contribution is 2.32. The molecule has 0 unspecified atom stereocenters. The zero-order chi connectivity index (χ0) is 12.3. The van der Waals surface area contributed by atoms with Gasteiger partial charge < -0.3 is 4.74 Å². The van der Waals surface area contributed by atoms with Crippen LogP contribution in [0.2, 0.25) is 0 Å². The van der Waals surface area contributed by atoms with Crippen LogP contribution in [-0.4, -0.2) is 4.98 Å². The molecule has 1 heterocycles. The predicted octanol–water partition coefficient (Wildman–Crippen LogP) is 4.17. The Morgan fingerprint density at radius 2 is 1.71 bits per heavy atom. The van der Waals surface area contributed by atoms with Crippen molar-refractivity contribution in [2.45, 2.75) is 26.2 Å². The summed E-state index contributed by atoms with van der Waals surface area (Å²) in [5.41, 5.74) is 1.21. The second kappa shape index (κ2) is 4.58. The van der Waals surface area contributed by atoms with Crippen LogP contribution in [0.3, 0.4) is 0 Å². The molecule has 2 rings (SSSR count). The van der Waals surface area contributed by atoms with Gasteiger partial charge in [0.25, 0.3) is 0 Å². The molecule has 0 radical (unpaired) electrons. The molecule has 0 saturated heterocycles. The average Bonchev–Trinajstić information content (AvgIpc) is 2.30. The summed E-state index contributed by atoms with van der Waals surface area (Å²) in [5.74, 6) is 1.66. The van der Waals surface area contributed by atoms with Crippen LogP contribution in [0, 0.1) is 0 Å². The van der Waals surface area contributed by atoms with Gasteiger partial charge in [0.1, 0.15) is 11.5 Å². The molecular formula is C15H17NO. The van der Waals surface area contributed by atoms with Crippen molar-refractivity contribution in [1.29, 1.82) is 0 Å². The maximum absolute atomic E-state index is 5.87. The normalized spacial score (nSPS) is 11.2. The van der Waals surface area contributed by atoms with Crippen molar-refractivity contribution in [3.8, 4) is 11.5 Å². The first kappa shape index (κ1) is 11.6. The maximum atomic E-state index is 5.87. The van der Waals surface area contributed by atoms with E-state index in [1.165, 1.54) is 0 Å². The molecule has 0 spiro atoms. The molecule has 1 aromatic heterocycles. The van der Waals surface area contributed by atoms with E-state index in [1.54, 1.807) is 12.4 Å². The summed E-state index contributed by atoms with van der Waals surface area (Å²) in [6.07, 6.45) is 3.58. The van der Waals surface area contributed by atoms with Crippen LogP contribution in [-0.2, 0) is 5.41 Å². The molecule has 0 fully saturated rings. The molecule has 0 aliphatic heterocycles. The van der Waals surface area contributed by atoms with E-state index in [9.17, 15) is 0 Å². The summed E-state index contributed by atoms with van der Waals surface area (Å²) < 4.78 is 5.87. The van der Waals surface area contributed by atoms with Crippen LogP contribution in [0.4, 0.5) is 0 Å². The highest BCUT2D eigenvalue weighted by Gasteiger charge is 2.19. The molecule has 0 aliphatic rings. The summed E-state index contributed by atoms with van der Waals surface area (Å²) in [4.78, 5) is 4.13. The van der Waals surface area contributed by atoms with Gasteiger partial charge >= 0.3 is 0 Å². The summed E-state index contributed by atoms with van der Waals surface area (Å²) in [6, 6.07) is 11.8. The van der Waals surface area contributed by atoms with Gasteiger partial charge in [-0.1, -0.05) is 39.0 Å². The topological polar surface area (TPSA) is 22.1 Å². The molecular weight excluding hydrogens is 210 g/mol. The minimum absolute atomic E-state index is 0.0487. The lowest BCUT2D eigenvalue weighted by Crippen LogP contribution is -2.12. The second-order valence-corrected chi connectivity index (χ2v) is 5.04. The van der Waals surface area contributed by atoms with Crippen molar-refractivity contribution in [3.63, 3.8) is 0 Å². The minimum Gasteiger partial charge on any atom is -0.455 e. The molecule has 1 aromatic carbocycles. The highest BCUT2D eigenvalue weighted by molar-refractivity contribution is 5.39. The third kappa shape index (κ3) is 2.84. The largest absolute Gasteiger partial charge is 0.455 e. The predicted molar refractivity (Wildman–Crippen MR) is 69.5 cm³/mol. The van der Waals surface area contributed by atoms with E-state index in [-0.39, 0.29) is 5.41 Å². The van der Waals surface area contributed by atoms with E-state index < -0.39 is 0 Å². The van der Waals surface area contributed by atoms with Gasteiger partial charge in [0, 0.05) is 11.8 Å². The Balaban J connectivity index is 2.34. The lowest BCUT2D eigenvalue weighted by atomic mass is 9.87. The SMILES string of the molecule is CC(C)(C)c1ccncc1Oc1ccccc1. The number of pyridine rings is 1. The van der Waals surface area contributed by atoms with E-state index in [1.807, 2.05) is 36.4 Å². The fraction of sp³-hybridized carbons (Fsp3) is 0.267. The number of hydrogen-bond acceptors (Lipinski definition) is 2. The standard InChI is InChI=1S/C15H17NO/c1-15(2,3)13-9-10-16-11-14(13)17-12-7-5-4-6-8-12/h4-11H,1-3H3. The average molecular weight is 227 g/mol. The molecule has 2 nitrogen and oxygen atoms in total. The van der Waals surface area contributed by atoms with E-state index >= 15 is 0 Å². The molecule has 88 valence electrons. The molecule has 0 atom stereocenters. The van der Waals surface area contributed by atoms with Crippen LogP contribution in [0.1, 0.15) is 26.3 Å². The fourth-order valence-electron chi connectivity index (χ4n) is 1.70. The van der Waals surface area contributed by atoms with Crippen LogP contribution >= 0.6 is 0 Å². The van der Waals surface area contributed by atoms with Crippen molar-refractivity contribution in [2.75, 3.05) is 0 Å². The molecule has 2 heteroatoms. The number of hydrogen-bond donors (Lipinski definition) is 0. The first-order chi connectivity index (χ1) is 8.07. The van der Waals surface area contributed by atoms with Gasteiger partial charge in [-0.05, 0) is 23.6 Å². The lowest BCUT2D eigenvalue weighted by molar-refractivity contribution is 0.453. The van der Waals surface area contributed by atoms with Crippen molar-refractivity contribution in [2.24, 2.45) is 0 Å². The Morgan fingerprint density at radius 1 is 1.00 bits per heavy atom. The second-order valence-electron chi connectivity index (χ2n) is 5.04. The molecule has 0 bridgehead atoms. The first-order valence-electron chi connectivity index (χ1n) is 5.75. The third-order valence-corrected chi connectivity index (χ3v) is 2.56. The van der Waals surface area contributed by atoms with Gasteiger partial charge in [-0.15, -0.1) is 0 Å². The van der Waals surface area contributed by atoms with Gasteiger partial charge in [0.05, 0.1) is 6.20 Å².